The molecular weight excluding hydrogens is 556 g/mol. The van der Waals surface area contributed by atoms with Crippen molar-refractivity contribution in [3.8, 4) is 17.2 Å². The van der Waals surface area contributed by atoms with Gasteiger partial charge in [0.2, 0.25) is 11.8 Å². The average Bonchev–Trinajstić information content (AvgIpc) is 3.11. The van der Waals surface area contributed by atoms with Crippen LogP contribution in [0.2, 0.25) is 0 Å². The van der Waals surface area contributed by atoms with Crippen molar-refractivity contribution in [1.82, 2.24) is 5.32 Å². The molecule has 0 fully saturated rings. The summed E-state index contributed by atoms with van der Waals surface area (Å²) in [5.41, 5.74) is 2.25. The van der Waals surface area contributed by atoms with Crippen molar-refractivity contribution in [3.05, 3.63) is 71.8 Å². The lowest BCUT2D eigenvalue weighted by atomic mass is 10.1. The fraction of sp³-hybridized carbons (Fsp3) is 0.290. The summed E-state index contributed by atoms with van der Waals surface area (Å²) in [6.45, 7) is -0.0629. The van der Waals surface area contributed by atoms with Gasteiger partial charge in [-0.05, 0) is 48.4 Å². The molecule has 1 atom stereocenters. The third-order valence-electron chi connectivity index (χ3n) is 6.61. The molecule has 226 valence electrons. The molecule has 0 aliphatic carbocycles. The molecule has 3 N–H and O–H groups in total. The molecule has 12 nitrogen and oxygen atoms in total. The lowest BCUT2D eigenvalue weighted by molar-refractivity contribution is -0.140. The second-order valence-electron chi connectivity index (χ2n) is 9.91. The molecule has 0 aromatic heterocycles. The van der Waals surface area contributed by atoms with Crippen molar-refractivity contribution in [3.63, 3.8) is 0 Å². The van der Waals surface area contributed by atoms with Gasteiger partial charge in [0.1, 0.15) is 24.1 Å². The summed E-state index contributed by atoms with van der Waals surface area (Å²) in [7, 11) is 6.61. The molecule has 0 radical (unpaired) electrons. The number of fused-ring (bicyclic) bond motifs is 1. The Kier molecular flexibility index (Phi) is 10.2. The lowest BCUT2D eigenvalue weighted by Crippen LogP contribution is -2.41. The number of nitrogens with one attached hydrogen (secondary N) is 3. The van der Waals surface area contributed by atoms with E-state index in [1.165, 1.54) is 19.2 Å². The second kappa shape index (κ2) is 14.2. The van der Waals surface area contributed by atoms with E-state index in [1.54, 1.807) is 31.4 Å². The quantitative estimate of drug-likeness (QED) is 0.269. The van der Waals surface area contributed by atoms with Gasteiger partial charge in [-0.25, -0.2) is 0 Å². The third kappa shape index (κ3) is 8.23. The summed E-state index contributed by atoms with van der Waals surface area (Å²) >= 11 is 0. The summed E-state index contributed by atoms with van der Waals surface area (Å²) in [6.07, 6.45) is -0.00628. The third-order valence-corrected chi connectivity index (χ3v) is 6.61. The SMILES string of the molecule is COC(=O)CC[C@H]1NC(=O)c2cc(Oc3cccc(N(C)C)c3)c(NC(=O)COCc3ccc(OC)cc3)cc2NC1=O. The zero-order chi connectivity index (χ0) is 30.9. The van der Waals surface area contributed by atoms with Gasteiger partial charge in [0.25, 0.3) is 5.91 Å². The predicted octanol–water partition coefficient (Wildman–Crippen LogP) is 3.71. The number of hydrogen-bond acceptors (Lipinski definition) is 9. The van der Waals surface area contributed by atoms with E-state index >= 15 is 0 Å². The topological polar surface area (TPSA) is 145 Å². The largest absolute Gasteiger partial charge is 0.497 e. The van der Waals surface area contributed by atoms with Gasteiger partial charge in [-0.15, -0.1) is 0 Å². The van der Waals surface area contributed by atoms with Crippen LogP contribution in [0.15, 0.2) is 60.7 Å². The monoisotopic (exact) mass is 590 g/mol. The number of methoxy groups -OCH3 is 2. The highest BCUT2D eigenvalue weighted by Gasteiger charge is 2.30. The number of nitrogens with zero attached hydrogens (tertiary/aromatic N) is 1. The van der Waals surface area contributed by atoms with Crippen molar-refractivity contribution >= 4 is 40.8 Å². The summed E-state index contributed by atoms with van der Waals surface area (Å²) in [4.78, 5) is 52.5. The normalized spacial score (nSPS) is 14.0. The maximum Gasteiger partial charge on any atom is 0.305 e. The van der Waals surface area contributed by atoms with E-state index in [4.69, 9.17) is 14.2 Å². The Hall–Kier alpha value is -5.10. The molecule has 1 aliphatic rings. The molecule has 0 unspecified atom stereocenters. The van der Waals surface area contributed by atoms with Crippen LogP contribution in [0.1, 0.15) is 28.8 Å². The van der Waals surface area contributed by atoms with E-state index in [2.05, 4.69) is 20.7 Å². The van der Waals surface area contributed by atoms with Crippen molar-refractivity contribution in [1.29, 1.82) is 0 Å². The van der Waals surface area contributed by atoms with Crippen LogP contribution in [0.25, 0.3) is 0 Å². The zero-order valence-corrected chi connectivity index (χ0v) is 24.4. The van der Waals surface area contributed by atoms with Crippen LogP contribution in [0.5, 0.6) is 17.2 Å². The Labute approximate surface area is 249 Å². The molecule has 0 spiro atoms. The van der Waals surface area contributed by atoms with Crippen molar-refractivity contribution in [2.45, 2.75) is 25.5 Å². The summed E-state index contributed by atoms with van der Waals surface area (Å²) < 4.78 is 21.5. The van der Waals surface area contributed by atoms with E-state index < -0.39 is 29.7 Å². The van der Waals surface area contributed by atoms with Gasteiger partial charge in [-0.3, -0.25) is 19.2 Å². The molecule has 0 bridgehead atoms. The lowest BCUT2D eigenvalue weighted by Gasteiger charge is -2.18. The highest BCUT2D eigenvalue weighted by atomic mass is 16.5. The van der Waals surface area contributed by atoms with Gasteiger partial charge in [-0.1, -0.05) is 18.2 Å². The fourth-order valence-corrected chi connectivity index (χ4v) is 4.26. The number of amides is 3. The van der Waals surface area contributed by atoms with Gasteiger partial charge in [-0.2, -0.15) is 0 Å². The minimum Gasteiger partial charge on any atom is -0.497 e. The zero-order valence-electron chi connectivity index (χ0n) is 24.4. The highest BCUT2D eigenvalue weighted by Crippen LogP contribution is 2.37. The Bertz CT molecular complexity index is 1490. The molecule has 3 aromatic rings. The molecule has 3 amide bonds. The van der Waals surface area contributed by atoms with Gasteiger partial charge in [0.05, 0.1) is 37.8 Å². The van der Waals surface area contributed by atoms with Crippen LogP contribution in [0.4, 0.5) is 17.1 Å². The van der Waals surface area contributed by atoms with Crippen LogP contribution in [0.3, 0.4) is 0 Å². The van der Waals surface area contributed by atoms with Crippen LogP contribution >= 0.6 is 0 Å². The number of anilines is 3. The molecule has 0 saturated carbocycles. The number of benzene rings is 3. The summed E-state index contributed by atoms with van der Waals surface area (Å²) in [5, 5.41) is 8.14. The maximum absolute atomic E-state index is 13.2. The number of rotatable bonds is 12. The molecule has 1 aliphatic heterocycles. The minimum absolute atomic E-state index is 0.0497. The molecule has 4 rings (SSSR count). The molecule has 12 heteroatoms. The van der Waals surface area contributed by atoms with Crippen LogP contribution in [0, 0.1) is 0 Å². The van der Waals surface area contributed by atoms with Crippen molar-refractivity contribution in [2.24, 2.45) is 0 Å². The van der Waals surface area contributed by atoms with Crippen molar-refractivity contribution in [2.75, 3.05) is 50.5 Å². The molecule has 43 heavy (non-hydrogen) atoms. The number of carbonyl (C=O) groups is 4. The standard InChI is InChI=1S/C31H34N4O8/c1-35(2)20-6-5-7-22(14-20)43-27-15-23-25(34-31(39)24(33-30(23)38)12-13-29(37)41-4)16-26(27)32-28(36)18-42-17-19-8-10-21(40-3)11-9-19/h5-11,14-16,24H,12-13,17-18H2,1-4H3,(H,32,36)(H,33,38)(H,34,39)/t24-/m1/s1. The fourth-order valence-electron chi connectivity index (χ4n) is 4.26. The molecule has 0 saturated heterocycles. The first kappa shape index (κ1) is 30.8. The van der Waals surface area contributed by atoms with Gasteiger partial charge in [0.15, 0.2) is 5.75 Å². The highest BCUT2D eigenvalue weighted by molar-refractivity contribution is 6.11. The molecule has 1 heterocycles. The smallest absolute Gasteiger partial charge is 0.305 e. The number of carbonyl (C=O) groups excluding carboxylic acids is 4. The van der Waals surface area contributed by atoms with Crippen LogP contribution in [-0.4, -0.2) is 64.7 Å². The number of hydrogen-bond donors (Lipinski definition) is 3. The molecular formula is C31H34N4O8. The van der Waals surface area contributed by atoms with Crippen molar-refractivity contribution < 1.29 is 38.1 Å². The van der Waals surface area contributed by atoms with E-state index in [0.29, 0.717) is 11.5 Å². The first-order valence-electron chi connectivity index (χ1n) is 13.5. The Morgan fingerprint density at radius 1 is 0.977 bits per heavy atom. The second-order valence-corrected chi connectivity index (χ2v) is 9.91. The average molecular weight is 591 g/mol. The Balaban J connectivity index is 1.56. The maximum atomic E-state index is 13.2. The van der Waals surface area contributed by atoms with E-state index in [1.807, 2.05) is 43.3 Å². The summed E-state index contributed by atoms with van der Waals surface area (Å²) in [6, 6.07) is 16.5. The Morgan fingerprint density at radius 2 is 1.74 bits per heavy atom. The van der Waals surface area contributed by atoms with E-state index in [9.17, 15) is 19.2 Å². The van der Waals surface area contributed by atoms with Crippen LogP contribution in [-0.2, 0) is 30.5 Å². The van der Waals surface area contributed by atoms with E-state index in [-0.39, 0.29) is 48.7 Å². The van der Waals surface area contributed by atoms with Crippen LogP contribution < -0.4 is 30.3 Å². The molecule has 3 aromatic carbocycles. The van der Waals surface area contributed by atoms with E-state index in [0.717, 1.165) is 11.3 Å². The minimum atomic E-state index is -0.968. The Morgan fingerprint density at radius 3 is 2.44 bits per heavy atom. The number of ether oxygens (including phenoxy) is 4. The number of esters is 1. The first-order valence-corrected chi connectivity index (χ1v) is 13.5. The van der Waals surface area contributed by atoms with Gasteiger partial charge >= 0.3 is 5.97 Å². The predicted molar refractivity (Wildman–Crippen MR) is 160 cm³/mol. The van der Waals surface area contributed by atoms with Gasteiger partial charge < -0.3 is 39.8 Å². The summed E-state index contributed by atoms with van der Waals surface area (Å²) in [5.74, 6) is -0.676. The van der Waals surface area contributed by atoms with Gasteiger partial charge in [0, 0.05) is 32.3 Å². The first-order chi connectivity index (χ1) is 20.7.